The highest BCUT2D eigenvalue weighted by atomic mass is 16.6. The molecular formula is C26H37NO3. The van der Waals surface area contributed by atoms with Crippen LogP contribution in [0, 0.1) is 29.1 Å². The Labute approximate surface area is 180 Å². The summed E-state index contributed by atoms with van der Waals surface area (Å²) in [5.74, 6) is 2.54. The Hall–Kier alpha value is -1.55. The van der Waals surface area contributed by atoms with Gasteiger partial charge >= 0.3 is 5.97 Å². The van der Waals surface area contributed by atoms with Crippen molar-refractivity contribution in [2.45, 2.75) is 83.8 Å². The topological polar surface area (TPSA) is 51.5 Å². The number of rotatable bonds is 5. The molecule has 7 atom stereocenters. The number of ether oxygens (including phenoxy) is 1. The minimum absolute atomic E-state index is 0.0163. The number of carbonyl (C=O) groups is 1. The zero-order chi connectivity index (χ0) is 20.7. The number of esters is 1. The van der Waals surface area contributed by atoms with E-state index in [9.17, 15) is 4.79 Å². The van der Waals surface area contributed by atoms with E-state index in [1.165, 1.54) is 44.9 Å². The van der Waals surface area contributed by atoms with Gasteiger partial charge in [-0.1, -0.05) is 44.8 Å². The molecule has 4 heteroatoms. The van der Waals surface area contributed by atoms with Crippen LogP contribution in [-0.2, 0) is 16.0 Å². The van der Waals surface area contributed by atoms with E-state index in [4.69, 9.17) is 9.15 Å². The van der Waals surface area contributed by atoms with Crippen molar-refractivity contribution in [1.82, 2.24) is 5.32 Å². The summed E-state index contributed by atoms with van der Waals surface area (Å²) in [6.07, 6.45) is 15.1. The zero-order valence-corrected chi connectivity index (χ0v) is 18.6. The van der Waals surface area contributed by atoms with Gasteiger partial charge < -0.3 is 14.5 Å². The molecule has 0 bridgehead atoms. The van der Waals surface area contributed by atoms with E-state index >= 15 is 0 Å². The number of nitrogens with one attached hydrogen (secondary N) is 1. The molecule has 1 aliphatic heterocycles. The Morgan fingerprint density at radius 1 is 1.20 bits per heavy atom. The van der Waals surface area contributed by atoms with Gasteiger partial charge in [-0.3, -0.25) is 4.79 Å². The van der Waals surface area contributed by atoms with Crippen LogP contribution < -0.4 is 5.32 Å². The fraction of sp³-hybridized carbons (Fsp3) is 0.731. The molecule has 3 aliphatic carbocycles. The van der Waals surface area contributed by atoms with E-state index in [0.717, 1.165) is 25.1 Å². The predicted molar refractivity (Wildman–Crippen MR) is 117 cm³/mol. The van der Waals surface area contributed by atoms with E-state index in [1.54, 1.807) is 11.8 Å². The van der Waals surface area contributed by atoms with Gasteiger partial charge in [-0.15, -0.1) is 0 Å². The van der Waals surface area contributed by atoms with Crippen molar-refractivity contribution in [2.75, 3.05) is 6.54 Å². The van der Waals surface area contributed by atoms with Crippen LogP contribution in [0.15, 0.2) is 34.5 Å². The van der Waals surface area contributed by atoms with Crippen LogP contribution in [0.1, 0.15) is 71.0 Å². The summed E-state index contributed by atoms with van der Waals surface area (Å²) in [6.45, 7) is 5.51. The lowest BCUT2D eigenvalue weighted by Gasteiger charge is -2.46. The molecular weight excluding hydrogens is 374 g/mol. The van der Waals surface area contributed by atoms with Crippen molar-refractivity contribution in [3.05, 3.63) is 35.8 Å². The molecule has 0 unspecified atom stereocenters. The third-order valence-corrected chi connectivity index (χ3v) is 8.63. The Morgan fingerprint density at radius 3 is 2.90 bits per heavy atom. The van der Waals surface area contributed by atoms with Gasteiger partial charge in [0.25, 0.3) is 0 Å². The first-order valence-electron chi connectivity index (χ1n) is 12.2. The first kappa shape index (κ1) is 20.4. The molecule has 0 radical (unpaired) electrons. The average molecular weight is 412 g/mol. The molecule has 5 rings (SSSR count). The van der Waals surface area contributed by atoms with Gasteiger partial charge in [-0.25, -0.2) is 0 Å². The summed E-state index contributed by atoms with van der Waals surface area (Å²) in [7, 11) is 0. The molecule has 1 aromatic rings. The summed E-state index contributed by atoms with van der Waals surface area (Å²) >= 11 is 0. The molecule has 4 nitrogen and oxygen atoms in total. The molecule has 0 spiro atoms. The SMILES string of the molecule is C[C@@H]1CCC[C@@]2(C)C[C@H]3OC(=O)[C@H](CN[C@@H]4CCCC[C@@H]4Cc4ccco4)[C@@H]3C=C12. The van der Waals surface area contributed by atoms with Crippen molar-refractivity contribution >= 4 is 5.97 Å². The molecule has 0 aromatic carbocycles. The van der Waals surface area contributed by atoms with Crippen molar-refractivity contribution in [1.29, 1.82) is 0 Å². The molecule has 0 amide bonds. The highest BCUT2D eigenvalue weighted by Crippen LogP contribution is 2.53. The maximum atomic E-state index is 12.8. The summed E-state index contributed by atoms with van der Waals surface area (Å²) in [4.78, 5) is 12.8. The van der Waals surface area contributed by atoms with Crippen LogP contribution >= 0.6 is 0 Å². The fourth-order valence-electron chi connectivity index (χ4n) is 6.97. The smallest absolute Gasteiger partial charge is 0.311 e. The standard InChI is InChI=1S/C26H37NO3/c1-17-7-5-11-26(2)15-24-20(14-22(17)26)21(25(28)30-24)16-27-23-10-4-3-8-18(23)13-19-9-6-12-29-19/h6,9,12,14,17-18,20-21,23-24,27H,3-5,7-8,10-11,13,15-16H2,1-2H3/t17-,18-,20+,21-,23-,24-,26+/m1/s1. The van der Waals surface area contributed by atoms with Crippen LogP contribution in [0.5, 0.6) is 0 Å². The van der Waals surface area contributed by atoms with Crippen molar-refractivity contribution in [3.63, 3.8) is 0 Å². The molecule has 2 heterocycles. The van der Waals surface area contributed by atoms with Gasteiger partial charge in [0.1, 0.15) is 11.9 Å². The van der Waals surface area contributed by atoms with Gasteiger partial charge in [0.2, 0.25) is 0 Å². The van der Waals surface area contributed by atoms with Gasteiger partial charge in [0, 0.05) is 24.9 Å². The Bertz CT molecular complexity index is 784. The van der Waals surface area contributed by atoms with Crippen molar-refractivity contribution in [2.24, 2.45) is 29.1 Å². The normalized spacial score (nSPS) is 41.0. The van der Waals surface area contributed by atoms with Crippen LogP contribution in [0.4, 0.5) is 0 Å². The maximum absolute atomic E-state index is 12.8. The van der Waals surface area contributed by atoms with Gasteiger partial charge in [-0.2, -0.15) is 0 Å². The predicted octanol–water partition coefficient (Wildman–Crippen LogP) is 5.28. The number of hydrogen-bond acceptors (Lipinski definition) is 4. The van der Waals surface area contributed by atoms with E-state index in [2.05, 4.69) is 31.3 Å². The highest BCUT2D eigenvalue weighted by molar-refractivity contribution is 5.76. The minimum atomic E-state index is -0.0348. The van der Waals surface area contributed by atoms with E-state index in [1.807, 2.05) is 6.07 Å². The number of fused-ring (bicyclic) bond motifs is 2. The lowest BCUT2D eigenvalue weighted by molar-refractivity contribution is -0.145. The van der Waals surface area contributed by atoms with E-state index < -0.39 is 0 Å². The van der Waals surface area contributed by atoms with Crippen molar-refractivity contribution < 1.29 is 13.9 Å². The lowest BCUT2D eigenvalue weighted by Crippen LogP contribution is -2.44. The van der Waals surface area contributed by atoms with E-state index in [0.29, 0.717) is 17.9 Å². The van der Waals surface area contributed by atoms with Crippen molar-refractivity contribution in [3.8, 4) is 0 Å². The summed E-state index contributed by atoms with van der Waals surface area (Å²) in [5.41, 5.74) is 1.84. The second-order valence-electron chi connectivity index (χ2n) is 10.7. The third kappa shape index (κ3) is 3.77. The summed E-state index contributed by atoms with van der Waals surface area (Å²) < 4.78 is 11.6. The van der Waals surface area contributed by atoms with Crippen LogP contribution in [0.2, 0.25) is 0 Å². The molecule has 1 saturated heterocycles. The van der Waals surface area contributed by atoms with E-state index in [-0.39, 0.29) is 29.3 Å². The number of furan rings is 1. The maximum Gasteiger partial charge on any atom is 0.311 e. The zero-order valence-electron chi connectivity index (χ0n) is 18.6. The second kappa shape index (κ2) is 8.18. The number of allylic oxidation sites excluding steroid dienone is 1. The first-order valence-corrected chi connectivity index (χ1v) is 12.2. The molecule has 2 saturated carbocycles. The second-order valence-corrected chi connectivity index (χ2v) is 10.7. The Balaban J connectivity index is 1.28. The highest BCUT2D eigenvalue weighted by Gasteiger charge is 2.51. The summed E-state index contributed by atoms with van der Waals surface area (Å²) in [5, 5.41) is 3.81. The van der Waals surface area contributed by atoms with Crippen LogP contribution in [0.25, 0.3) is 0 Å². The molecule has 4 aliphatic rings. The molecule has 164 valence electrons. The summed E-state index contributed by atoms with van der Waals surface area (Å²) in [6, 6.07) is 4.53. The number of hydrogen-bond donors (Lipinski definition) is 1. The largest absolute Gasteiger partial charge is 0.469 e. The molecule has 1 N–H and O–H groups in total. The number of carbonyl (C=O) groups excluding carboxylic acids is 1. The minimum Gasteiger partial charge on any atom is -0.469 e. The first-order chi connectivity index (χ1) is 14.5. The lowest BCUT2D eigenvalue weighted by atomic mass is 9.59. The fourth-order valence-corrected chi connectivity index (χ4v) is 6.97. The Kier molecular flexibility index (Phi) is 5.55. The van der Waals surface area contributed by atoms with Crippen LogP contribution in [-0.4, -0.2) is 24.7 Å². The monoisotopic (exact) mass is 411 g/mol. The quantitative estimate of drug-likeness (QED) is 0.529. The average Bonchev–Trinajstić information content (AvgIpc) is 3.33. The molecule has 1 aromatic heterocycles. The Morgan fingerprint density at radius 2 is 2.07 bits per heavy atom. The van der Waals surface area contributed by atoms with Gasteiger partial charge in [-0.05, 0) is 61.5 Å². The molecule has 3 fully saturated rings. The van der Waals surface area contributed by atoms with Gasteiger partial charge in [0.05, 0.1) is 12.2 Å². The van der Waals surface area contributed by atoms with Gasteiger partial charge in [0.15, 0.2) is 0 Å². The third-order valence-electron chi connectivity index (χ3n) is 8.63. The van der Waals surface area contributed by atoms with Crippen LogP contribution in [0.3, 0.4) is 0 Å². The molecule has 30 heavy (non-hydrogen) atoms.